The van der Waals surface area contributed by atoms with E-state index in [9.17, 15) is 14.4 Å². The van der Waals surface area contributed by atoms with Crippen LogP contribution in [0.5, 0.6) is 0 Å². The number of nitrogens with zero attached hydrogens (tertiary/aromatic N) is 3. The Morgan fingerprint density at radius 1 is 1.22 bits per heavy atom. The number of carbonyl (C=O) groups excluding carboxylic acids is 3. The highest BCUT2D eigenvalue weighted by Crippen LogP contribution is 1.98. The standard InChI is InChI=1S/C9H14N6O3/c10-6-1-2-15(13-6)5-9(18)14(3-7(11)16)4-8(12)17/h1-2H,3-5H2,(H2,10,13)(H2,11,16)(H2,12,17). The third-order valence-corrected chi connectivity index (χ3v) is 2.00. The van der Waals surface area contributed by atoms with Gasteiger partial charge in [-0.05, 0) is 6.07 Å². The number of carbonyl (C=O) groups is 3. The lowest BCUT2D eigenvalue weighted by molar-refractivity contribution is -0.138. The number of amides is 3. The van der Waals surface area contributed by atoms with Crippen molar-refractivity contribution < 1.29 is 14.4 Å². The summed E-state index contributed by atoms with van der Waals surface area (Å²) in [5.74, 6) is -1.70. The lowest BCUT2D eigenvalue weighted by Gasteiger charge is -2.19. The first-order valence-electron chi connectivity index (χ1n) is 5.02. The molecule has 0 radical (unpaired) electrons. The quantitative estimate of drug-likeness (QED) is 0.503. The number of hydrogen-bond donors (Lipinski definition) is 3. The van der Waals surface area contributed by atoms with Gasteiger partial charge >= 0.3 is 0 Å². The second-order valence-electron chi connectivity index (χ2n) is 3.62. The molecule has 0 atom stereocenters. The molecule has 0 unspecified atom stereocenters. The van der Waals surface area contributed by atoms with Gasteiger partial charge in [0.1, 0.15) is 12.4 Å². The Morgan fingerprint density at radius 2 is 1.78 bits per heavy atom. The maximum absolute atomic E-state index is 11.8. The maximum Gasteiger partial charge on any atom is 0.245 e. The number of nitrogens with two attached hydrogens (primary N) is 3. The van der Waals surface area contributed by atoms with Gasteiger partial charge in [0.2, 0.25) is 17.7 Å². The topological polar surface area (TPSA) is 150 Å². The zero-order valence-corrected chi connectivity index (χ0v) is 9.57. The molecule has 98 valence electrons. The molecular weight excluding hydrogens is 240 g/mol. The zero-order chi connectivity index (χ0) is 13.7. The zero-order valence-electron chi connectivity index (χ0n) is 9.57. The van der Waals surface area contributed by atoms with E-state index in [2.05, 4.69) is 5.10 Å². The summed E-state index contributed by atoms with van der Waals surface area (Å²) >= 11 is 0. The Morgan fingerprint density at radius 3 is 2.17 bits per heavy atom. The van der Waals surface area contributed by atoms with Gasteiger partial charge in [-0.15, -0.1) is 0 Å². The molecule has 0 aliphatic rings. The highest BCUT2D eigenvalue weighted by molar-refractivity contribution is 5.87. The number of rotatable bonds is 6. The smallest absolute Gasteiger partial charge is 0.245 e. The maximum atomic E-state index is 11.8. The highest BCUT2D eigenvalue weighted by Gasteiger charge is 2.18. The molecule has 0 fully saturated rings. The predicted octanol–water partition coefficient (Wildman–Crippen LogP) is -2.74. The molecule has 0 aromatic carbocycles. The van der Waals surface area contributed by atoms with Crippen molar-refractivity contribution in [2.75, 3.05) is 18.8 Å². The van der Waals surface area contributed by atoms with Crippen molar-refractivity contribution in [1.29, 1.82) is 0 Å². The van der Waals surface area contributed by atoms with Gasteiger partial charge in [0.05, 0.1) is 13.1 Å². The average molecular weight is 254 g/mol. The van der Waals surface area contributed by atoms with Gasteiger partial charge in [-0.1, -0.05) is 0 Å². The number of primary amides is 2. The SMILES string of the molecule is NC(=O)CN(CC(N)=O)C(=O)Cn1ccc(N)n1. The fourth-order valence-electron chi connectivity index (χ4n) is 1.31. The van der Waals surface area contributed by atoms with Crippen LogP contribution in [0.25, 0.3) is 0 Å². The summed E-state index contributed by atoms with van der Waals surface area (Å²) in [6.45, 7) is -0.908. The van der Waals surface area contributed by atoms with Gasteiger partial charge in [0.15, 0.2) is 0 Å². The number of nitrogen functional groups attached to an aromatic ring is 1. The number of aromatic nitrogens is 2. The van der Waals surface area contributed by atoms with Crippen molar-refractivity contribution in [3.63, 3.8) is 0 Å². The first kappa shape index (κ1) is 13.5. The number of anilines is 1. The lowest BCUT2D eigenvalue weighted by Crippen LogP contribution is -2.44. The normalized spacial score (nSPS) is 10.0. The van der Waals surface area contributed by atoms with Gasteiger partial charge in [-0.25, -0.2) is 0 Å². The van der Waals surface area contributed by atoms with Crippen LogP contribution in [-0.4, -0.2) is 45.5 Å². The van der Waals surface area contributed by atoms with Gasteiger partial charge in [-0.3, -0.25) is 19.1 Å². The lowest BCUT2D eigenvalue weighted by atomic mass is 10.4. The highest BCUT2D eigenvalue weighted by atomic mass is 16.2. The van der Waals surface area contributed by atoms with Crippen LogP contribution in [0, 0.1) is 0 Å². The van der Waals surface area contributed by atoms with E-state index in [-0.39, 0.29) is 25.5 Å². The molecule has 9 nitrogen and oxygen atoms in total. The van der Waals surface area contributed by atoms with Crippen LogP contribution in [0.4, 0.5) is 5.82 Å². The minimum absolute atomic E-state index is 0.155. The van der Waals surface area contributed by atoms with E-state index in [4.69, 9.17) is 17.2 Å². The monoisotopic (exact) mass is 254 g/mol. The predicted molar refractivity (Wildman–Crippen MR) is 61.6 cm³/mol. The van der Waals surface area contributed by atoms with E-state index < -0.39 is 17.7 Å². The van der Waals surface area contributed by atoms with Crippen molar-refractivity contribution in [2.24, 2.45) is 11.5 Å². The molecule has 18 heavy (non-hydrogen) atoms. The van der Waals surface area contributed by atoms with Crippen molar-refractivity contribution >= 4 is 23.5 Å². The third-order valence-electron chi connectivity index (χ3n) is 2.00. The van der Waals surface area contributed by atoms with Crippen LogP contribution in [-0.2, 0) is 20.9 Å². The molecule has 0 aliphatic heterocycles. The fourth-order valence-corrected chi connectivity index (χ4v) is 1.31. The Kier molecular flexibility index (Phi) is 4.24. The van der Waals surface area contributed by atoms with Crippen LogP contribution >= 0.6 is 0 Å². The summed E-state index contributed by atoms with van der Waals surface area (Å²) < 4.78 is 1.28. The molecule has 3 amide bonds. The molecule has 0 aliphatic carbocycles. The Balaban J connectivity index is 2.69. The van der Waals surface area contributed by atoms with Crippen LogP contribution in [0.15, 0.2) is 12.3 Å². The van der Waals surface area contributed by atoms with Crippen LogP contribution < -0.4 is 17.2 Å². The van der Waals surface area contributed by atoms with Gasteiger partial charge in [-0.2, -0.15) is 5.10 Å². The molecule has 1 aromatic heterocycles. The first-order chi connectivity index (χ1) is 8.38. The van der Waals surface area contributed by atoms with Gasteiger partial charge in [0, 0.05) is 6.20 Å². The van der Waals surface area contributed by atoms with Crippen molar-refractivity contribution in [1.82, 2.24) is 14.7 Å². The molecule has 9 heteroatoms. The van der Waals surface area contributed by atoms with Crippen LogP contribution in [0.1, 0.15) is 0 Å². The summed E-state index contributed by atoms with van der Waals surface area (Å²) in [5.41, 5.74) is 15.3. The molecule has 1 heterocycles. The summed E-state index contributed by atoms with van der Waals surface area (Å²) in [7, 11) is 0. The fraction of sp³-hybridized carbons (Fsp3) is 0.333. The van der Waals surface area contributed by atoms with Crippen molar-refractivity contribution in [3.8, 4) is 0 Å². The Bertz CT molecular complexity index is 453. The van der Waals surface area contributed by atoms with Gasteiger partial charge < -0.3 is 22.1 Å². The van der Waals surface area contributed by atoms with E-state index in [0.717, 1.165) is 4.90 Å². The second kappa shape index (κ2) is 5.66. The van der Waals surface area contributed by atoms with Crippen LogP contribution in [0.2, 0.25) is 0 Å². The minimum atomic E-state index is -0.732. The summed E-state index contributed by atoms with van der Waals surface area (Å²) in [4.78, 5) is 34.3. The van der Waals surface area contributed by atoms with E-state index >= 15 is 0 Å². The van der Waals surface area contributed by atoms with E-state index in [1.165, 1.54) is 16.9 Å². The summed E-state index contributed by atoms with van der Waals surface area (Å²) in [6, 6.07) is 1.51. The largest absolute Gasteiger partial charge is 0.382 e. The third kappa shape index (κ3) is 4.12. The van der Waals surface area contributed by atoms with Crippen molar-refractivity contribution in [3.05, 3.63) is 12.3 Å². The number of hydrogen-bond acceptors (Lipinski definition) is 5. The molecule has 0 saturated carbocycles. The summed E-state index contributed by atoms with van der Waals surface area (Å²) in [6.07, 6.45) is 1.50. The second-order valence-corrected chi connectivity index (χ2v) is 3.62. The van der Waals surface area contributed by atoms with E-state index in [0.29, 0.717) is 0 Å². The Hall–Kier alpha value is -2.58. The van der Waals surface area contributed by atoms with E-state index in [1.54, 1.807) is 0 Å². The minimum Gasteiger partial charge on any atom is -0.382 e. The molecule has 1 aromatic rings. The molecular formula is C9H14N6O3. The molecule has 0 saturated heterocycles. The average Bonchev–Trinajstić information content (AvgIpc) is 2.61. The van der Waals surface area contributed by atoms with Crippen LogP contribution in [0.3, 0.4) is 0 Å². The molecule has 0 spiro atoms. The molecule has 6 N–H and O–H groups in total. The van der Waals surface area contributed by atoms with Crippen molar-refractivity contribution in [2.45, 2.75) is 6.54 Å². The molecule has 1 rings (SSSR count). The molecule has 0 bridgehead atoms. The first-order valence-corrected chi connectivity index (χ1v) is 5.02. The van der Waals surface area contributed by atoms with Gasteiger partial charge in [0.25, 0.3) is 0 Å². The Labute approximate surface area is 102 Å². The summed E-state index contributed by atoms with van der Waals surface area (Å²) in [5, 5.41) is 3.81. The van der Waals surface area contributed by atoms with E-state index in [1.807, 2.05) is 0 Å².